The van der Waals surface area contributed by atoms with Crippen LogP contribution in [0, 0.1) is 5.82 Å². The van der Waals surface area contributed by atoms with E-state index in [1.165, 1.54) is 6.07 Å². The van der Waals surface area contributed by atoms with Crippen LogP contribution in [0.5, 0.6) is 0 Å². The normalized spacial score (nSPS) is 11.8. The molecular formula is C22H19FO2. The summed E-state index contributed by atoms with van der Waals surface area (Å²) in [6.07, 6.45) is 0. The molecule has 1 atom stereocenters. The molecule has 2 nitrogen and oxygen atoms in total. The fourth-order valence-electron chi connectivity index (χ4n) is 2.64. The zero-order valence-corrected chi connectivity index (χ0v) is 14.0. The summed E-state index contributed by atoms with van der Waals surface area (Å²) in [5.41, 5.74) is 2.86. The molecule has 0 saturated carbocycles. The second-order valence-corrected chi connectivity index (χ2v) is 5.92. The summed E-state index contributed by atoms with van der Waals surface area (Å²) in [5, 5.41) is 0. The zero-order valence-electron chi connectivity index (χ0n) is 14.0. The molecule has 1 unspecified atom stereocenters. The van der Waals surface area contributed by atoms with Crippen LogP contribution in [0.25, 0.3) is 11.1 Å². The highest BCUT2D eigenvalue weighted by Gasteiger charge is 2.18. The summed E-state index contributed by atoms with van der Waals surface area (Å²) in [5.74, 6) is -1.23. The molecule has 3 rings (SSSR count). The van der Waals surface area contributed by atoms with Crippen molar-refractivity contribution >= 4 is 5.97 Å². The summed E-state index contributed by atoms with van der Waals surface area (Å²) in [7, 11) is 0. The lowest BCUT2D eigenvalue weighted by atomic mass is 9.97. The molecule has 0 aliphatic heterocycles. The molecule has 0 spiro atoms. The van der Waals surface area contributed by atoms with Crippen LogP contribution in [0.3, 0.4) is 0 Å². The van der Waals surface area contributed by atoms with Crippen LogP contribution >= 0.6 is 0 Å². The summed E-state index contributed by atoms with van der Waals surface area (Å²) in [6.45, 7) is 1.94. The first-order valence-electron chi connectivity index (χ1n) is 8.20. The second-order valence-electron chi connectivity index (χ2n) is 5.92. The van der Waals surface area contributed by atoms with Gasteiger partial charge < -0.3 is 4.74 Å². The first-order valence-corrected chi connectivity index (χ1v) is 8.20. The Bertz CT molecular complexity index is 844. The Balaban J connectivity index is 1.70. The molecule has 0 aromatic heterocycles. The van der Waals surface area contributed by atoms with Crippen LogP contribution in [0.2, 0.25) is 0 Å². The van der Waals surface area contributed by atoms with Gasteiger partial charge in [0, 0.05) is 5.56 Å². The van der Waals surface area contributed by atoms with Crippen LogP contribution in [-0.4, -0.2) is 5.97 Å². The summed E-state index contributed by atoms with van der Waals surface area (Å²) in [6, 6.07) is 23.7. The molecular weight excluding hydrogens is 315 g/mol. The third kappa shape index (κ3) is 4.13. The van der Waals surface area contributed by atoms with Gasteiger partial charge in [0.05, 0.1) is 5.92 Å². The van der Waals surface area contributed by atoms with Crippen LogP contribution in [0.4, 0.5) is 4.39 Å². The average molecular weight is 334 g/mol. The van der Waals surface area contributed by atoms with Gasteiger partial charge in [-0.05, 0) is 29.7 Å². The van der Waals surface area contributed by atoms with Gasteiger partial charge in [0.15, 0.2) is 0 Å². The molecule has 0 N–H and O–H groups in total. The van der Waals surface area contributed by atoms with Crippen molar-refractivity contribution in [1.82, 2.24) is 0 Å². The number of hydrogen-bond acceptors (Lipinski definition) is 2. The quantitative estimate of drug-likeness (QED) is 0.589. The van der Waals surface area contributed by atoms with Crippen LogP contribution < -0.4 is 0 Å². The molecule has 3 aromatic carbocycles. The predicted octanol–water partition coefficient (Wildman–Crippen LogP) is 5.34. The molecule has 3 aromatic rings. The van der Waals surface area contributed by atoms with E-state index >= 15 is 0 Å². The molecule has 0 heterocycles. The summed E-state index contributed by atoms with van der Waals surface area (Å²) < 4.78 is 19.8. The molecule has 0 bridgehead atoms. The molecule has 0 aliphatic rings. The van der Waals surface area contributed by atoms with Crippen molar-refractivity contribution in [2.45, 2.75) is 19.4 Å². The van der Waals surface area contributed by atoms with Gasteiger partial charge in [-0.2, -0.15) is 0 Å². The first kappa shape index (κ1) is 16.9. The van der Waals surface area contributed by atoms with Gasteiger partial charge in [0.25, 0.3) is 0 Å². The Morgan fingerprint density at radius 2 is 1.60 bits per heavy atom. The number of carbonyl (C=O) groups is 1. The molecule has 0 radical (unpaired) electrons. The molecule has 0 aliphatic carbocycles. The van der Waals surface area contributed by atoms with Crippen molar-refractivity contribution in [2.24, 2.45) is 0 Å². The van der Waals surface area contributed by atoms with E-state index < -0.39 is 5.92 Å². The number of benzene rings is 3. The van der Waals surface area contributed by atoms with Crippen molar-refractivity contribution in [3.8, 4) is 11.1 Å². The maximum Gasteiger partial charge on any atom is 0.313 e. The number of carbonyl (C=O) groups excluding carboxylic acids is 1. The Morgan fingerprint density at radius 1 is 0.960 bits per heavy atom. The molecule has 0 fully saturated rings. The van der Waals surface area contributed by atoms with Gasteiger partial charge in [0.1, 0.15) is 12.4 Å². The Labute approximate surface area is 146 Å². The smallest absolute Gasteiger partial charge is 0.313 e. The van der Waals surface area contributed by atoms with E-state index in [9.17, 15) is 9.18 Å². The number of hydrogen-bond donors (Lipinski definition) is 0. The van der Waals surface area contributed by atoms with Gasteiger partial charge in [-0.3, -0.25) is 4.79 Å². The maximum atomic E-state index is 14.5. The van der Waals surface area contributed by atoms with E-state index in [0.29, 0.717) is 11.1 Å². The minimum Gasteiger partial charge on any atom is -0.460 e. The largest absolute Gasteiger partial charge is 0.460 e. The number of rotatable bonds is 5. The summed E-state index contributed by atoms with van der Waals surface area (Å²) in [4.78, 5) is 12.2. The lowest BCUT2D eigenvalue weighted by Gasteiger charge is -2.13. The number of esters is 1. The Hall–Kier alpha value is -2.94. The van der Waals surface area contributed by atoms with Gasteiger partial charge in [-0.15, -0.1) is 0 Å². The third-order valence-corrected chi connectivity index (χ3v) is 4.16. The predicted molar refractivity (Wildman–Crippen MR) is 96.5 cm³/mol. The highest BCUT2D eigenvalue weighted by atomic mass is 19.1. The maximum absolute atomic E-state index is 14.5. The third-order valence-electron chi connectivity index (χ3n) is 4.16. The fourth-order valence-corrected chi connectivity index (χ4v) is 2.64. The van der Waals surface area contributed by atoms with Gasteiger partial charge in [-0.25, -0.2) is 4.39 Å². The lowest BCUT2D eigenvalue weighted by Crippen LogP contribution is -2.13. The molecule has 126 valence electrons. The molecule has 3 heteroatoms. The molecule has 0 amide bonds. The first-order chi connectivity index (χ1) is 12.1. The van der Waals surface area contributed by atoms with E-state index in [2.05, 4.69) is 0 Å². The molecule has 25 heavy (non-hydrogen) atoms. The van der Waals surface area contributed by atoms with Gasteiger partial charge in [-0.1, -0.05) is 72.8 Å². The van der Waals surface area contributed by atoms with Gasteiger partial charge >= 0.3 is 5.97 Å². The van der Waals surface area contributed by atoms with E-state index in [0.717, 1.165) is 11.1 Å². The van der Waals surface area contributed by atoms with Crippen LogP contribution in [-0.2, 0) is 16.1 Å². The monoisotopic (exact) mass is 334 g/mol. The summed E-state index contributed by atoms with van der Waals surface area (Å²) >= 11 is 0. The minimum atomic E-state index is -0.525. The van der Waals surface area contributed by atoms with Crippen LogP contribution in [0.1, 0.15) is 24.0 Å². The van der Waals surface area contributed by atoms with E-state index in [1.54, 1.807) is 19.1 Å². The fraction of sp³-hybridized carbons (Fsp3) is 0.136. The van der Waals surface area contributed by atoms with Crippen molar-refractivity contribution in [1.29, 1.82) is 0 Å². The van der Waals surface area contributed by atoms with E-state index in [1.807, 2.05) is 60.7 Å². The van der Waals surface area contributed by atoms with Gasteiger partial charge in [0.2, 0.25) is 0 Å². The van der Waals surface area contributed by atoms with Crippen molar-refractivity contribution in [3.63, 3.8) is 0 Å². The Kier molecular flexibility index (Phi) is 5.24. The molecule has 0 saturated heterocycles. The number of halogens is 1. The van der Waals surface area contributed by atoms with Crippen LogP contribution in [0.15, 0.2) is 78.9 Å². The highest BCUT2D eigenvalue weighted by molar-refractivity contribution is 5.78. The standard InChI is InChI=1S/C22H19FO2/c1-16(22(24)25-15-17-8-4-2-5-9-17)19-12-13-20(21(23)14-19)18-10-6-3-7-11-18/h2-14,16H,15H2,1H3. The minimum absolute atomic E-state index is 0.217. The second kappa shape index (κ2) is 7.75. The number of ether oxygens (including phenoxy) is 1. The zero-order chi connectivity index (χ0) is 17.6. The highest BCUT2D eigenvalue weighted by Crippen LogP contribution is 2.26. The SMILES string of the molecule is CC(C(=O)OCc1ccccc1)c1ccc(-c2ccccc2)c(F)c1. The van der Waals surface area contributed by atoms with Crippen molar-refractivity contribution < 1.29 is 13.9 Å². The van der Waals surface area contributed by atoms with E-state index in [-0.39, 0.29) is 18.4 Å². The van der Waals surface area contributed by atoms with E-state index in [4.69, 9.17) is 4.74 Å². The van der Waals surface area contributed by atoms with Crippen molar-refractivity contribution in [3.05, 3.63) is 95.8 Å². The topological polar surface area (TPSA) is 26.3 Å². The Morgan fingerprint density at radius 3 is 2.24 bits per heavy atom. The van der Waals surface area contributed by atoms with Crippen molar-refractivity contribution in [2.75, 3.05) is 0 Å². The lowest BCUT2D eigenvalue weighted by molar-refractivity contribution is -0.146. The average Bonchev–Trinajstić information content (AvgIpc) is 2.67.